The molecule has 4 unspecified atom stereocenters. The Morgan fingerprint density at radius 2 is 1.93 bits per heavy atom. The van der Waals surface area contributed by atoms with Crippen LogP contribution in [0.4, 0.5) is 0 Å². The third-order valence-electron chi connectivity index (χ3n) is 1.97. The highest BCUT2D eigenvalue weighted by molar-refractivity contribution is 8.01. The number of hydrogen-bond acceptors (Lipinski definition) is 2. The van der Waals surface area contributed by atoms with Crippen molar-refractivity contribution >= 4 is 40.1 Å². The van der Waals surface area contributed by atoms with Gasteiger partial charge in [0.2, 0.25) is 4.71 Å². The van der Waals surface area contributed by atoms with E-state index < -0.39 is 27.7 Å². The molecule has 0 amide bonds. The van der Waals surface area contributed by atoms with E-state index in [4.69, 9.17) is 28.3 Å². The molecule has 2 N–H and O–H groups in total. The van der Waals surface area contributed by atoms with Gasteiger partial charge in [0, 0.05) is 10.9 Å². The summed E-state index contributed by atoms with van der Waals surface area (Å²) in [6.07, 6.45) is 0. The summed E-state index contributed by atoms with van der Waals surface area (Å²) in [5.41, 5.74) is -0.458. The summed E-state index contributed by atoms with van der Waals surface area (Å²) >= 11 is 12.0. The van der Waals surface area contributed by atoms with E-state index in [1.54, 1.807) is 0 Å². The van der Waals surface area contributed by atoms with Gasteiger partial charge in [0.15, 0.2) is 0 Å². The maximum Gasteiger partial charge on any atom is 0.373 e. The first-order valence-corrected chi connectivity index (χ1v) is 6.46. The number of carbonyl (C=O) groups is 1. The first kappa shape index (κ1) is 12.4. The molecule has 1 aliphatic heterocycles. The molecule has 82 valence electrons. The Morgan fingerprint density at radius 1 is 1.43 bits per heavy atom. The number of aliphatic carboxylic acids is 1. The Bertz CT molecular complexity index is 244. The summed E-state index contributed by atoms with van der Waals surface area (Å²) in [6.45, 7) is 5.95. The smallest absolute Gasteiger partial charge is 0.373 e. The molecule has 1 saturated heterocycles. The minimum absolute atomic E-state index is 0.147. The molecule has 6 heteroatoms. The largest absolute Gasteiger partial charge is 0.476 e. The molecular weight excluding hydrogens is 245 g/mol. The van der Waals surface area contributed by atoms with Crippen molar-refractivity contribution in [1.82, 2.24) is 5.32 Å². The van der Waals surface area contributed by atoms with Crippen molar-refractivity contribution in [2.75, 3.05) is 0 Å². The van der Waals surface area contributed by atoms with Crippen LogP contribution < -0.4 is 5.32 Å². The van der Waals surface area contributed by atoms with E-state index in [9.17, 15) is 4.79 Å². The Labute approximate surface area is 96.5 Å². The molecule has 0 saturated carbocycles. The predicted molar refractivity (Wildman–Crippen MR) is 61.0 cm³/mol. The van der Waals surface area contributed by atoms with Crippen LogP contribution in [-0.2, 0) is 15.7 Å². The van der Waals surface area contributed by atoms with E-state index >= 15 is 0 Å². The molecule has 0 aliphatic carbocycles. The van der Waals surface area contributed by atoms with Crippen LogP contribution in [0.2, 0.25) is 0 Å². The predicted octanol–water partition coefficient (Wildman–Crippen LogP) is 1.55. The fraction of sp³-hybridized carbons (Fsp3) is 0.875. The molecule has 4 atom stereocenters. The summed E-state index contributed by atoms with van der Waals surface area (Å²) < 4.78 is -0.468. The Balaban J connectivity index is 2.93. The molecule has 3 nitrogen and oxygen atoms in total. The Morgan fingerprint density at radius 3 is 2.21 bits per heavy atom. The monoisotopic (exact) mass is 258 g/mol. The van der Waals surface area contributed by atoms with Crippen LogP contribution in [0.15, 0.2) is 0 Å². The summed E-state index contributed by atoms with van der Waals surface area (Å²) in [5, 5.41) is 11.2. The van der Waals surface area contributed by atoms with Gasteiger partial charge in [0.1, 0.15) is 10.2 Å². The van der Waals surface area contributed by atoms with E-state index in [2.05, 4.69) is 5.32 Å². The number of rotatable bonds is 1. The molecule has 1 aliphatic rings. The summed E-state index contributed by atoms with van der Waals surface area (Å²) in [4.78, 5) is 11.0. The van der Waals surface area contributed by atoms with Crippen molar-refractivity contribution in [2.24, 2.45) is 0 Å². The number of nitrogens with one attached hydrogen (secondary N) is 1. The number of hydrogen-bond donors (Lipinski definition) is 2. The molecule has 0 spiro atoms. The highest BCUT2D eigenvalue weighted by Crippen LogP contribution is 2.37. The minimum atomic E-state index is -0.878. The zero-order valence-electron chi connectivity index (χ0n) is 8.25. The first-order chi connectivity index (χ1) is 6.25. The van der Waals surface area contributed by atoms with Crippen LogP contribution in [-0.4, -0.2) is 31.4 Å². The first-order valence-electron chi connectivity index (χ1n) is 4.24. The van der Waals surface area contributed by atoms with E-state index in [0.717, 1.165) is 0 Å². The maximum atomic E-state index is 11.0. The fourth-order valence-corrected chi connectivity index (χ4v) is 5.63. The third kappa shape index (κ3) is 2.30. The van der Waals surface area contributed by atoms with Crippen molar-refractivity contribution in [2.45, 2.75) is 41.1 Å². The summed E-state index contributed by atoms with van der Waals surface area (Å²) in [7, 11) is -0.465. The van der Waals surface area contributed by atoms with Gasteiger partial charge < -0.3 is 5.11 Å². The van der Waals surface area contributed by atoms with E-state index in [1.165, 1.54) is 0 Å². The number of carboxylic acids is 1. The molecule has 0 bridgehead atoms. The van der Waals surface area contributed by atoms with Crippen LogP contribution in [0.25, 0.3) is 0 Å². The van der Waals surface area contributed by atoms with Crippen LogP contribution in [0.5, 0.6) is 0 Å². The SMILES string of the molecule is CC(C)(C)[S+]1C(C(=O)O)NC(Cl)C1Cl. The van der Waals surface area contributed by atoms with Gasteiger partial charge in [-0.25, -0.2) is 10.1 Å². The minimum Gasteiger partial charge on any atom is -0.476 e. The highest BCUT2D eigenvalue weighted by atomic mass is 35.5. The standard InChI is InChI=1S/C8H13Cl2NO2S/c1-8(2,3)14-5(10)4(9)11-6(14)7(12)13/h4-6,11H,1-3H3/p+1. The molecule has 1 fully saturated rings. The molecule has 0 aromatic carbocycles. The van der Waals surface area contributed by atoms with Crippen molar-refractivity contribution in [3.63, 3.8) is 0 Å². The van der Waals surface area contributed by atoms with Gasteiger partial charge in [-0.2, -0.15) is 0 Å². The second-order valence-electron chi connectivity index (χ2n) is 4.12. The topological polar surface area (TPSA) is 49.3 Å². The van der Waals surface area contributed by atoms with Gasteiger partial charge in [-0.05, 0) is 20.8 Å². The lowest BCUT2D eigenvalue weighted by atomic mass is 10.3. The van der Waals surface area contributed by atoms with E-state index in [0.29, 0.717) is 0 Å². The summed E-state index contributed by atoms with van der Waals surface area (Å²) in [5.74, 6) is -0.878. The van der Waals surface area contributed by atoms with Gasteiger partial charge in [-0.1, -0.05) is 23.2 Å². The van der Waals surface area contributed by atoms with Crippen molar-refractivity contribution in [3.8, 4) is 0 Å². The molecule has 14 heavy (non-hydrogen) atoms. The molecule has 1 rings (SSSR count). The number of carboxylic acid groups (broad SMARTS) is 1. The lowest BCUT2D eigenvalue weighted by molar-refractivity contribution is -0.137. The zero-order valence-corrected chi connectivity index (χ0v) is 10.6. The lowest BCUT2D eigenvalue weighted by Crippen LogP contribution is -2.45. The van der Waals surface area contributed by atoms with Gasteiger partial charge in [0.05, 0.1) is 0 Å². The van der Waals surface area contributed by atoms with Crippen molar-refractivity contribution in [3.05, 3.63) is 0 Å². The van der Waals surface area contributed by atoms with Crippen LogP contribution in [0, 0.1) is 0 Å². The van der Waals surface area contributed by atoms with Crippen LogP contribution >= 0.6 is 23.2 Å². The number of alkyl halides is 2. The molecule has 0 aromatic heterocycles. The second kappa shape index (κ2) is 4.08. The lowest BCUT2D eigenvalue weighted by Gasteiger charge is -2.22. The number of halogens is 2. The third-order valence-corrected chi connectivity index (χ3v) is 6.47. The maximum absolute atomic E-state index is 11.0. The van der Waals surface area contributed by atoms with Gasteiger partial charge in [0.25, 0.3) is 5.37 Å². The van der Waals surface area contributed by atoms with Gasteiger partial charge in [-0.3, -0.25) is 0 Å². The quantitative estimate of drug-likeness (QED) is 0.426. The normalized spacial score (nSPS) is 38.6. The Kier molecular flexibility index (Phi) is 3.62. The van der Waals surface area contributed by atoms with Crippen LogP contribution in [0.3, 0.4) is 0 Å². The van der Waals surface area contributed by atoms with Crippen LogP contribution in [0.1, 0.15) is 20.8 Å². The molecule has 0 aromatic rings. The van der Waals surface area contributed by atoms with Gasteiger partial charge >= 0.3 is 5.97 Å². The molecule has 1 heterocycles. The fourth-order valence-electron chi connectivity index (χ4n) is 1.42. The zero-order chi connectivity index (χ0) is 11.1. The second-order valence-corrected chi connectivity index (χ2v) is 8.27. The Hall–Kier alpha value is 0.360. The molecular formula is C8H14Cl2NO2S+. The van der Waals surface area contributed by atoms with E-state index in [1.807, 2.05) is 20.8 Å². The van der Waals surface area contributed by atoms with Crippen molar-refractivity contribution < 1.29 is 9.90 Å². The van der Waals surface area contributed by atoms with E-state index in [-0.39, 0.29) is 9.46 Å². The average Bonchev–Trinajstić information content (AvgIpc) is 2.27. The average molecular weight is 259 g/mol. The molecule has 0 radical (unpaired) electrons. The van der Waals surface area contributed by atoms with Gasteiger partial charge in [-0.15, -0.1) is 0 Å². The van der Waals surface area contributed by atoms with Crippen molar-refractivity contribution in [1.29, 1.82) is 0 Å². The summed E-state index contributed by atoms with van der Waals surface area (Å²) in [6, 6.07) is 0. The highest BCUT2D eigenvalue weighted by Gasteiger charge is 2.59.